The monoisotopic (exact) mass is 222 g/mol. The van der Waals surface area contributed by atoms with Crippen LogP contribution in [0.4, 0.5) is 0 Å². The van der Waals surface area contributed by atoms with Crippen LogP contribution in [0.15, 0.2) is 24.4 Å². The molecular formula is C11H19BN2O2. The van der Waals surface area contributed by atoms with Crippen LogP contribution in [0.2, 0.25) is 0 Å². The van der Waals surface area contributed by atoms with Gasteiger partial charge in [-0.25, -0.2) is 0 Å². The maximum Gasteiger partial charge on any atom is 0.505 e. The van der Waals surface area contributed by atoms with Gasteiger partial charge in [0.2, 0.25) is 0 Å². The van der Waals surface area contributed by atoms with Gasteiger partial charge in [-0.05, 0) is 46.0 Å². The fourth-order valence-electron chi connectivity index (χ4n) is 1.70. The van der Waals surface area contributed by atoms with Crippen molar-refractivity contribution in [2.24, 2.45) is 5.73 Å². The van der Waals surface area contributed by atoms with Crippen molar-refractivity contribution in [2.45, 2.75) is 44.5 Å². The summed E-state index contributed by atoms with van der Waals surface area (Å²) in [7, 11) is -0.487. The molecule has 0 aromatic rings. The van der Waals surface area contributed by atoms with Gasteiger partial charge in [0.1, 0.15) is 5.56 Å². The van der Waals surface area contributed by atoms with Crippen LogP contribution in [-0.4, -0.2) is 23.9 Å². The van der Waals surface area contributed by atoms with E-state index >= 15 is 0 Å². The van der Waals surface area contributed by atoms with Gasteiger partial charge in [-0.15, -0.1) is 0 Å². The van der Waals surface area contributed by atoms with Gasteiger partial charge in [0, 0.05) is 0 Å². The highest BCUT2D eigenvalue weighted by molar-refractivity contribution is 6.50. The van der Waals surface area contributed by atoms with Crippen molar-refractivity contribution in [1.29, 1.82) is 0 Å². The Morgan fingerprint density at radius 3 is 2.06 bits per heavy atom. The maximum atomic E-state index is 6.21. The number of rotatable bonds is 1. The standard InChI is InChI=1S/C11H19BN2O2/c1-9(2)10(3,4)16-12(15-9)11(13)7-5-6-8-14-11/h5-8,14H,13H2,1-4H3. The van der Waals surface area contributed by atoms with E-state index in [1.54, 1.807) is 6.20 Å². The predicted octanol–water partition coefficient (Wildman–Crippen LogP) is 0.946. The third-order valence-electron chi connectivity index (χ3n) is 3.56. The summed E-state index contributed by atoms with van der Waals surface area (Å²) in [5, 5.41) is 3.07. The van der Waals surface area contributed by atoms with Crippen molar-refractivity contribution in [2.75, 3.05) is 0 Å². The van der Waals surface area contributed by atoms with E-state index in [1.165, 1.54) is 0 Å². The molecule has 4 nitrogen and oxygen atoms in total. The summed E-state index contributed by atoms with van der Waals surface area (Å²) < 4.78 is 11.8. The third kappa shape index (κ3) is 1.69. The minimum absolute atomic E-state index is 0.360. The first-order valence-corrected chi connectivity index (χ1v) is 5.53. The second kappa shape index (κ2) is 3.36. The molecule has 0 aromatic carbocycles. The van der Waals surface area contributed by atoms with Gasteiger partial charge < -0.3 is 20.4 Å². The zero-order chi connectivity index (χ0) is 12.0. The molecule has 5 heteroatoms. The van der Waals surface area contributed by atoms with Crippen LogP contribution in [0.1, 0.15) is 27.7 Å². The molecule has 1 unspecified atom stereocenters. The summed E-state index contributed by atoms with van der Waals surface area (Å²) >= 11 is 0. The molecule has 0 spiro atoms. The van der Waals surface area contributed by atoms with Gasteiger partial charge in [0.25, 0.3) is 0 Å². The second-order valence-corrected chi connectivity index (χ2v) is 5.38. The van der Waals surface area contributed by atoms with E-state index in [-0.39, 0.29) is 11.2 Å². The third-order valence-corrected chi connectivity index (χ3v) is 3.56. The molecule has 2 aliphatic heterocycles. The lowest BCUT2D eigenvalue weighted by Crippen LogP contribution is -2.63. The number of hydrogen-bond donors (Lipinski definition) is 2. The fourth-order valence-corrected chi connectivity index (χ4v) is 1.70. The van der Waals surface area contributed by atoms with E-state index in [0.717, 1.165) is 0 Å². The van der Waals surface area contributed by atoms with Crippen LogP contribution in [0.5, 0.6) is 0 Å². The maximum absolute atomic E-state index is 6.21. The molecule has 2 rings (SSSR count). The fraction of sp³-hybridized carbons (Fsp3) is 0.636. The van der Waals surface area contributed by atoms with E-state index < -0.39 is 12.7 Å². The number of nitrogens with two attached hydrogens (primary N) is 1. The minimum Gasteiger partial charge on any atom is -0.401 e. The summed E-state index contributed by atoms with van der Waals surface area (Å²) in [6, 6.07) is 0. The number of nitrogens with one attached hydrogen (secondary N) is 1. The quantitative estimate of drug-likeness (QED) is 0.648. The van der Waals surface area contributed by atoms with E-state index in [0.29, 0.717) is 0 Å². The van der Waals surface area contributed by atoms with Crippen LogP contribution >= 0.6 is 0 Å². The molecule has 3 N–H and O–H groups in total. The van der Waals surface area contributed by atoms with Gasteiger partial charge in [0.15, 0.2) is 0 Å². The van der Waals surface area contributed by atoms with Crippen molar-refractivity contribution >= 4 is 7.12 Å². The predicted molar refractivity (Wildman–Crippen MR) is 64.4 cm³/mol. The van der Waals surface area contributed by atoms with E-state index in [2.05, 4.69) is 5.32 Å². The van der Waals surface area contributed by atoms with Crippen molar-refractivity contribution in [3.05, 3.63) is 24.4 Å². The molecule has 0 aromatic heterocycles. The summed E-state index contributed by atoms with van der Waals surface area (Å²) in [5.41, 5.74) is 4.69. The minimum atomic E-state index is -0.792. The van der Waals surface area contributed by atoms with Gasteiger partial charge in [-0.2, -0.15) is 0 Å². The lowest BCUT2D eigenvalue weighted by Gasteiger charge is -2.32. The first kappa shape index (κ1) is 11.7. The number of hydrogen-bond acceptors (Lipinski definition) is 4. The molecular weight excluding hydrogens is 203 g/mol. The Labute approximate surface area is 97.0 Å². The summed E-state index contributed by atoms with van der Waals surface area (Å²) in [6.07, 6.45) is 7.43. The number of dihydropyridines is 1. The van der Waals surface area contributed by atoms with Gasteiger partial charge in [0.05, 0.1) is 11.2 Å². The molecule has 0 amide bonds. The molecule has 1 saturated heterocycles. The Morgan fingerprint density at radius 2 is 1.62 bits per heavy atom. The van der Waals surface area contributed by atoms with Crippen LogP contribution < -0.4 is 11.1 Å². The van der Waals surface area contributed by atoms with Crippen LogP contribution in [0, 0.1) is 0 Å². The second-order valence-electron chi connectivity index (χ2n) is 5.38. The number of allylic oxidation sites excluding steroid dienone is 2. The Balaban J connectivity index is 2.20. The van der Waals surface area contributed by atoms with Gasteiger partial charge in [-0.3, -0.25) is 0 Å². The zero-order valence-corrected chi connectivity index (χ0v) is 10.3. The molecule has 0 aliphatic carbocycles. The van der Waals surface area contributed by atoms with E-state index in [9.17, 15) is 0 Å². The highest BCUT2D eigenvalue weighted by Gasteiger charge is 2.58. The lowest BCUT2D eigenvalue weighted by atomic mass is 9.71. The van der Waals surface area contributed by atoms with E-state index in [1.807, 2.05) is 45.9 Å². The summed E-state index contributed by atoms with van der Waals surface area (Å²) in [6.45, 7) is 8.05. The highest BCUT2D eigenvalue weighted by Crippen LogP contribution is 2.39. The van der Waals surface area contributed by atoms with Crippen molar-refractivity contribution in [1.82, 2.24) is 5.32 Å². The Kier molecular flexibility index (Phi) is 2.46. The summed E-state index contributed by atoms with van der Waals surface area (Å²) in [5.74, 6) is 0. The molecule has 1 fully saturated rings. The topological polar surface area (TPSA) is 56.5 Å². The lowest BCUT2D eigenvalue weighted by molar-refractivity contribution is 0.00578. The largest absolute Gasteiger partial charge is 0.505 e. The molecule has 0 saturated carbocycles. The first-order chi connectivity index (χ1) is 7.27. The molecule has 2 heterocycles. The van der Waals surface area contributed by atoms with Crippen molar-refractivity contribution in [3.63, 3.8) is 0 Å². The highest BCUT2D eigenvalue weighted by atomic mass is 16.7. The van der Waals surface area contributed by atoms with Crippen LogP contribution in [0.3, 0.4) is 0 Å². The Bertz CT molecular complexity index is 336. The molecule has 88 valence electrons. The smallest absolute Gasteiger partial charge is 0.401 e. The summed E-state index contributed by atoms with van der Waals surface area (Å²) in [4.78, 5) is 0. The molecule has 2 aliphatic rings. The van der Waals surface area contributed by atoms with Crippen molar-refractivity contribution in [3.8, 4) is 0 Å². The molecule has 0 bridgehead atoms. The van der Waals surface area contributed by atoms with Crippen LogP contribution in [-0.2, 0) is 9.31 Å². The Hall–Kier alpha value is -0.775. The van der Waals surface area contributed by atoms with E-state index in [4.69, 9.17) is 15.0 Å². The molecule has 0 radical (unpaired) electrons. The average molecular weight is 222 g/mol. The van der Waals surface area contributed by atoms with Gasteiger partial charge >= 0.3 is 7.12 Å². The molecule has 16 heavy (non-hydrogen) atoms. The molecule has 1 atom stereocenters. The van der Waals surface area contributed by atoms with Crippen LogP contribution in [0.25, 0.3) is 0 Å². The Morgan fingerprint density at radius 1 is 1.06 bits per heavy atom. The zero-order valence-electron chi connectivity index (χ0n) is 10.3. The van der Waals surface area contributed by atoms with Crippen molar-refractivity contribution < 1.29 is 9.31 Å². The van der Waals surface area contributed by atoms with Gasteiger partial charge in [-0.1, -0.05) is 6.08 Å². The average Bonchev–Trinajstić information content (AvgIpc) is 2.38. The first-order valence-electron chi connectivity index (χ1n) is 5.53. The normalized spacial score (nSPS) is 35.2. The SMILES string of the molecule is CC1(C)OB(C2(N)C=CC=CN2)OC1(C)C.